The molecule has 0 saturated heterocycles. The molecular weight excluding hydrogens is 186 g/mol. The van der Waals surface area contributed by atoms with Crippen LogP contribution < -0.4 is 0 Å². The maximum atomic E-state index is 8.28. The van der Waals surface area contributed by atoms with Crippen molar-refractivity contribution in [2.24, 2.45) is 5.41 Å². The minimum absolute atomic E-state index is 0.222. The van der Waals surface area contributed by atoms with Crippen molar-refractivity contribution in [1.82, 2.24) is 14.8 Å². The summed E-state index contributed by atoms with van der Waals surface area (Å²) in [4.78, 5) is 4.37. The van der Waals surface area contributed by atoms with Gasteiger partial charge in [-0.1, -0.05) is 41.5 Å². The first-order valence-electron chi connectivity index (χ1n) is 6.32. The molecule has 1 aromatic heterocycles. The van der Waals surface area contributed by atoms with Gasteiger partial charge in [0.2, 0.25) is 0 Å². The van der Waals surface area contributed by atoms with Gasteiger partial charge in [0.25, 0.3) is 0 Å². The van der Waals surface area contributed by atoms with E-state index in [9.17, 15) is 0 Å². The lowest BCUT2D eigenvalue weighted by molar-refractivity contribution is 0.307. The average molecular weight is 211 g/mol. The fourth-order valence-electron chi connectivity index (χ4n) is 1.30. The first-order chi connectivity index (χ1) is 7.37. The summed E-state index contributed by atoms with van der Waals surface area (Å²) in [5.41, 5.74) is -0.757. The Kier molecular flexibility index (Phi) is 2.26. The van der Waals surface area contributed by atoms with Crippen LogP contribution in [0.2, 0.25) is 0 Å². The van der Waals surface area contributed by atoms with Crippen LogP contribution in [0.4, 0.5) is 0 Å². The summed E-state index contributed by atoms with van der Waals surface area (Å²) < 4.78 is 18.0. The molecule has 0 fully saturated rings. The van der Waals surface area contributed by atoms with Gasteiger partial charge in [0, 0.05) is 11.9 Å². The first-order valence-corrected chi connectivity index (χ1v) is 5.32. The predicted octanol–water partition coefficient (Wildman–Crippen LogP) is 2.93. The lowest BCUT2D eigenvalue weighted by Crippen LogP contribution is -2.24. The summed E-state index contributed by atoms with van der Waals surface area (Å²) in [7, 11) is 0. The summed E-state index contributed by atoms with van der Waals surface area (Å²) in [5.74, 6) is 1.30. The molecule has 1 heterocycles. The maximum Gasteiger partial charge on any atom is 0.147 e. The van der Waals surface area contributed by atoms with E-state index in [1.807, 2.05) is 41.5 Å². The second kappa shape index (κ2) is 3.62. The third kappa shape index (κ3) is 3.33. The minimum atomic E-state index is -1.56. The topological polar surface area (TPSA) is 30.7 Å². The number of rotatable bonds is 1. The van der Waals surface area contributed by atoms with E-state index in [0.717, 1.165) is 0 Å². The Morgan fingerprint density at radius 1 is 1.20 bits per heavy atom. The maximum absolute atomic E-state index is 8.28. The number of aromatic nitrogens is 3. The van der Waals surface area contributed by atoms with Gasteiger partial charge in [0.05, 0.1) is 2.74 Å². The highest BCUT2D eigenvalue weighted by Crippen LogP contribution is 2.23. The van der Waals surface area contributed by atoms with E-state index in [1.54, 1.807) is 6.92 Å². The van der Waals surface area contributed by atoms with E-state index < -0.39 is 11.9 Å². The Hall–Kier alpha value is -0.860. The molecule has 0 bridgehead atoms. The molecule has 0 aliphatic rings. The highest BCUT2D eigenvalue weighted by Gasteiger charge is 2.24. The van der Waals surface area contributed by atoms with E-state index in [2.05, 4.69) is 10.1 Å². The molecule has 0 aromatic carbocycles. The lowest BCUT2D eigenvalue weighted by atomic mass is 9.93. The summed E-state index contributed by atoms with van der Waals surface area (Å²) in [6.07, 6.45) is 0. The van der Waals surface area contributed by atoms with Gasteiger partial charge in [-0.2, -0.15) is 5.10 Å². The molecular formula is C12H23N3. The molecule has 1 aromatic rings. The van der Waals surface area contributed by atoms with Gasteiger partial charge in [-0.25, -0.2) is 9.67 Å². The Morgan fingerprint density at radius 3 is 2.13 bits per heavy atom. The van der Waals surface area contributed by atoms with Crippen LogP contribution in [0.3, 0.4) is 0 Å². The SMILES string of the molecule is [2H]C([2H])(n1nc(C)nc1C(C)(C)C)C(C)(C)C. The van der Waals surface area contributed by atoms with Crippen LogP contribution in [0, 0.1) is 12.3 Å². The molecule has 3 heteroatoms. The molecule has 0 atom stereocenters. The zero-order chi connectivity index (χ0) is 13.6. The van der Waals surface area contributed by atoms with Crippen LogP contribution in [0.5, 0.6) is 0 Å². The summed E-state index contributed by atoms with van der Waals surface area (Å²) >= 11 is 0. The Balaban J connectivity index is 3.42. The van der Waals surface area contributed by atoms with Crippen molar-refractivity contribution in [3.8, 4) is 0 Å². The summed E-state index contributed by atoms with van der Waals surface area (Å²) in [6.45, 7) is 11.9. The number of hydrogen-bond donors (Lipinski definition) is 0. The van der Waals surface area contributed by atoms with Gasteiger partial charge in [-0.3, -0.25) is 0 Å². The Labute approximate surface area is 95.7 Å². The molecule has 0 N–H and O–H groups in total. The second-order valence-corrected chi connectivity index (χ2v) is 6.01. The van der Waals surface area contributed by atoms with E-state index >= 15 is 0 Å². The highest BCUT2D eigenvalue weighted by molar-refractivity contribution is 5.04. The predicted molar refractivity (Wildman–Crippen MR) is 62.9 cm³/mol. The molecule has 3 nitrogen and oxygen atoms in total. The van der Waals surface area contributed by atoms with Gasteiger partial charge < -0.3 is 0 Å². The fraction of sp³-hybridized carbons (Fsp3) is 0.833. The van der Waals surface area contributed by atoms with Crippen LogP contribution in [-0.4, -0.2) is 14.8 Å². The quantitative estimate of drug-likeness (QED) is 0.715. The van der Waals surface area contributed by atoms with E-state index in [1.165, 1.54) is 4.68 Å². The molecule has 0 saturated carbocycles. The average Bonchev–Trinajstić information content (AvgIpc) is 2.44. The van der Waals surface area contributed by atoms with Gasteiger partial charge in [0.15, 0.2) is 0 Å². The molecule has 15 heavy (non-hydrogen) atoms. The largest absolute Gasteiger partial charge is 0.249 e. The Bertz CT molecular complexity index is 408. The van der Waals surface area contributed by atoms with Crippen LogP contribution >= 0.6 is 0 Å². The van der Waals surface area contributed by atoms with Gasteiger partial charge >= 0.3 is 0 Å². The smallest absolute Gasteiger partial charge is 0.147 e. The molecule has 0 unspecified atom stereocenters. The highest BCUT2D eigenvalue weighted by atomic mass is 15.4. The molecule has 0 radical (unpaired) electrons. The van der Waals surface area contributed by atoms with Crippen molar-refractivity contribution in [3.05, 3.63) is 11.6 Å². The van der Waals surface area contributed by atoms with E-state index in [4.69, 9.17) is 2.74 Å². The first kappa shape index (κ1) is 9.37. The van der Waals surface area contributed by atoms with E-state index in [-0.39, 0.29) is 5.41 Å². The molecule has 86 valence electrons. The van der Waals surface area contributed by atoms with E-state index in [0.29, 0.717) is 11.6 Å². The number of hydrogen-bond acceptors (Lipinski definition) is 2. The van der Waals surface area contributed by atoms with Crippen molar-refractivity contribution in [2.75, 3.05) is 0 Å². The second-order valence-electron chi connectivity index (χ2n) is 6.01. The zero-order valence-corrected chi connectivity index (χ0v) is 10.8. The van der Waals surface area contributed by atoms with Gasteiger partial charge in [0.1, 0.15) is 11.6 Å². The summed E-state index contributed by atoms with van der Waals surface area (Å²) in [5, 5.41) is 4.25. The molecule has 1 rings (SSSR count). The van der Waals surface area contributed by atoms with Crippen LogP contribution in [0.25, 0.3) is 0 Å². The molecule has 0 amide bonds. The Morgan fingerprint density at radius 2 is 1.73 bits per heavy atom. The zero-order valence-electron chi connectivity index (χ0n) is 12.8. The minimum Gasteiger partial charge on any atom is -0.249 e. The monoisotopic (exact) mass is 211 g/mol. The van der Waals surface area contributed by atoms with Crippen LogP contribution in [0.15, 0.2) is 0 Å². The molecule has 0 aliphatic carbocycles. The van der Waals surface area contributed by atoms with Crippen molar-refractivity contribution in [3.63, 3.8) is 0 Å². The van der Waals surface area contributed by atoms with Crippen molar-refractivity contribution >= 4 is 0 Å². The summed E-state index contributed by atoms with van der Waals surface area (Å²) in [6, 6.07) is 0. The van der Waals surface area contributed by atoms with Crippen LogP contribution in [-0.2, 0) is 11.9 Å². The van der Waals surface area contributed by atoms with Crippen molar-refractivity contribution in [2.45, 2.75) is 60.4 Å². The third-order valence-electron chi connectivity index (χ3n) is 1.83. The lowest BCUT2D eigenvalue weighted by Gasteiger charge is -2.23. The van der Waals surface area contributed by atoms with Crippen LogP contribution in [0.1, 0.15) is 55.9 Å². The molecule has 0 spiro atoms. The van der Waals surface area contributed by atoms with Gasteiger partial charge in [-0.05, 0) is 12.3 Å². The number of nitrogens with zero attached hydrogens (tertiary/aromatic N) is 3. The van der Waals surface area contributed by atoms with Gasteiger partial charge in [-0.15, -0.1) is 0 Å². The molecule has 0 aliphatic heterocycles. The standard InChI is InChI=1S/C12H23N3/c1-9-13-10(12(5,6)7)15(14-9)8-11(2,3)4/h8H2,1-7H3/i8D2. The fourth-order valence-corrected chi connectivity index (χ4v) is 1.30. The van der Waals surface area contributed by atoms with Crippen molar-refractivity contribution < 1.29 is 2.74 Å². The number of aryl methyl sites for hydroxylation is 1. The van der Waals surface area contributed by atoms with Crippen molar-refractivity contribution in [1.29, 1.82) is 0 Å². The third-order valence-corrected chi connectivity index (χ3v) is 1.83. The normalized spacial score (nSPS) is 16.2.